The van der Waals surface area contributed by atoms with E-state index in [2.05, 4.69) is 5.32 Å². The Labute approximate surface area is 144 Å². The molecule has 0 fully saturated rings. The highest BCUT2D eigenvalue weighted by molar-refractivity contribution is 6.42. The second-order valence-corrected chi connectivity index (χ2v) is 5.81. The molecule has 1 unspecified atom stereocenters. The van der Waals surface area contributed by atoms with Crippen LogP contribution in [-0.2, 0) is 16.0 Å². The summed E-state index contributed by atoms with van der Waals surface area (Å²) in [5, 5.41) is 3.54. The van der Waals surface area contributed by atoms with Crippen LogP contribution in [0.25, 0.3) is 0 Å². The lowest BCUT2D eigenvalue weighted by Gasteiger charge is -2.16. The Morgan fingerprint density at radius 2 is 1.74 bits per heavy atom. The maximum atomic E-state index is 12.1. The minimum Gasteiger partial charge on any atom is -0.368 e. The Kier molecular flexibility index (Phi) is 6.02. The highest BCUT2D eigenvalue weighted by atomic mass is 35.5. The van der Waals surface area contributed by atoms with Crippen LogP contribution in [0, 0.1) is 0 Å². The number of halogens is 2. The fourth-order valence-electron chi connectivity index (χ4n) is 2.19. The van der Waals surface area contributed by atoms with E-state index >= 15 is 0 Å². The molecule has 0 bridgehead atoms. The Bertz CT molecular complexity index is 705. The Morgan fingerprint density at radius 1 is 1.04 bits per heavy atom. The first-order chi connectivity index (χ1) is 11.0. The van der Waals surface area contributed by atoms with Crippen molar-refractivity contribution in [1.82, 2.24) is 5.32 Å². The smallest absolute Gasteiger partial charge is 0.244 e. The lowest BCUT2D eigenvalue weighted by atomic mass is 10.1. The average molecular weight is 351 g/mol. The van der Waals surface area contributed by atoms with Gasteiger partial charge in [-0.2, -0.15) is 0 Å². The predicted octanol–water partition coefficient (Wildman–Crippen LogP) is 3.27. The average Bonchev–Trinajstić information content (AvgIpc) is 2.54. The van der Waals surface area contributed by atoms with Gasteiger partial charge >= 0.3 is 0 Å². The molecule has 0 aliphatic carbocycles. The highest BCUT2D eigenvalue weighted by Gasteiger charge is 2.20. The quantitative estimate of drug-likeness (QED) is 0.838. The number of hydrogen-bond acceptors (Lipinski definition) is 2. The van der Waals surface area contributed by atoms with Gasteiger partial charge < -0.3 is 11.1 Å². The van der Waals surface area contributed by atoms with Crippen LogP contribution in [0.15, 0.2) is 48.5 Å². The zero-order chi connectivity index (χ0) is 16.8. The monoisotopic (exact) mass is 350 g/mol. The maximum Gasteiger partial charge on any atom is 0.244 e. The van der Waals surface area contributed by atoms with Crippen LogP contribution < -0.4 is 11.1 Å². The van der Waals surface area contributed by atoms with Crippen molar-refractivity contribution in [2.75, 3.05) is 0 Å². The van der Waals surface area contributed by atoms with Gasteiger partial charge in [0.15, 0.2) is 0 Å². The third kappa shape index (κ3) is 4.71. The lowest BCUT2D eigenvalue weighted by Crippen LogP contribution is -2.37. The first-order valence-corrected chi connectivity index (χ1v) is 7.81. The van der Waals surface area contributed by atoms with Gasteiger partial charge in [-0.1, -0.05) is 65.7 Å². The topological polar surface area (TPSA) is 72.2 Å². The molecule has 0 saturated carbocycles. The molecule has 4 nitrogen and oxygen atoms in total. The van der Waals surface area contributed by atoms with Crippen LogP contribution in [-0.4, -0.2) is 11.8 Å². The zero-order valence-corrected chi connectivity index (χ0v) is 13.8. The molecule has 0 saturated heterocycles. The van der Waals surface area contributed by atoms with E-state index in [0.29, 0.717) is 22.0 Å². The third-order valence-corrected chi connectivity index (χ3v) is 4.23. The standard InChI is InChI=1S/C17H16Cl2N2O2/c18-13-8-4-7-11(15(13)19)9-10-14(22)21-16(17(20)23)12-5-2-1-3-6-12/h1-8,16H,9-10H2,(H2,20,23)(H,21,22). The summed E-state index contributed by atoms with van der Waals surface area (Å²) in [5.41, 5.74) is 6.81. The summed E-state index contributed by atoms with van der Waals surface area (Å²) in [6, 6.07) is 13.3. The van der Waals surface area contributed by atoms with Gasteiger partial charge in [-0.05, 0) is 23.6 Å². The van der Waals surface area contributed by atoms with Crippen molar-refractivity contribution in [1.29, 1.82) is 0 Å². The van der Waals surface area contributed by atoms with Crippen LogP contribution in [0.1, 0.15) is 23.6 Å². The van der Waals surface area contributed by atoms with E-state index in [9.17, 15) is 9.59 Å². The van der Waals surface area contributed by atoms with E-state index in [1.165, 1.54) is 0 Å². The molecule has 0 aliphatic heterocycles. The van der Waals surface area contributed by atoms with Gasteiger partial charge in [0.25, 0.3) is 0 Å². The van der Waals surface area contributed by atoms with E-state index in [0.717, 1.165) is 5.56 Å². The molecule has 3 N–H and O–H groups in total. The lowest BCUT2D eigenvalue weighted by molar-refractivity contribution is -0.127. The first kappa shape index (κ1) is 17.3. The molecule has 2 rings (SSSR count). The molecule has 0 aromatic heterocycles. The van der Waals surface area contributed by atoms with E-state index in [1.807, 2.05) is 12.1 Å². The maximum absolute atomic E-state index is 12.1. The molecule has 0 aliphatic rings. The molecule has 2 amide bonds. The fourth-order valence-corrected chi connectivity index (χ4v) is 2.60. The number of benzene rings is 2. The zero-order valence-electron chi connectivity index (χ0n) is 12.3. The van der Waals surface area contributed by atoms with Crippen molar-refractivity contribution in [3.8, 4) is 0 Å². The van der Waals surface area contributed by atoms with Gasteiger partial charge in [0.05, 0.1) is 10.0 Å². The number of carbonyl (C=O) groups is 2. The fraction of sp³-hybridized carbons (Fsp3) is 0.176. The molecule has 0 radical (unpaired) electrons. The molecule has 0 heterocycles. The van der Waals surface area contributed by atoms with Gasteiger partial charge in [-0.3, -0.25) is 9.59 Å². The molecule has 2 aromatic carbocycles. The predicted molar refractivity (Wildman–Crippen MR) is 91.3 cm³/mol. The largest absolute Gasteiger partial charge is 0.368 e. The summed E-state index contributed by atoms with van der Waals surface area (Å²) in [6.07, 6.45) is 0.599. The van der Waals surface area contributed by atoms with Crippen LogP contribution in [0.5, 0.6) is 0 Å². The molecule has 0 spiro atoms. The van der Waals surface area contributed by atoms with Crippen molar-refractivity contribution in [3.05, 3.63) is 69.7 Å². The van der Waals surface area contributed by atoms with Gasteiger partial charge in [0.1, 0.15) is 6.04 Å². The highest BCUT2D eigenvalue weighted by Crippen LogP contribution is 2.26. The third-order valence-electron chi connectivity index (χ3n) is 3.38. The first-order valence-electron chi connectivity index (χ1n) is 7.05. The van der Waals surface area contributed by atoms with Gasteiger partial charge in [0, 0.05) is 6.42 Å². The Morgan fingerprint density at radius 3 is 2.39 bits per heavy atom. The van der Waals surface area contributed by atoms with Crippen molar-refractivity contribution >= 4 is 35.0 Å². The van der Waals surface area contributed by atoms with Crippen molar-refractivity contribution < 1.29 is 9.59 Å². The Balaban J connectivity index is 2.00. The van der Waals surface area contributed by atoms with E-state index < -0.39 is 11.9 Å². The number of aryl methyl sites for hydroxylation is 1. The number of nitrogens with two attached hydrogens (primary N) is 1. The Hall–Kier alpha value is -2.04. The summed E-state index contributed by atoms with van der Waals surface area (Å²) >= 11 is 12.0. The van der Waals surface area contributed by atoms with Crippen molar-refractivity contribution in [2.45, 2.75) is 18.9 Å². The molecular formula is C17H16Cl2N2O2. The minimum atomic E-state index is -0.849. The summed E-state index contributed by atoms with van der Waals surface area (Å²) in [4.78, 5) is 23.7. The second kappa shape index (κ2) is 7.99. The van der Waals surface area contributed by atoms with Crippen molar-refractivity contribution in [2.24, 2.45) is 5.73 Å². The molecule has 6 heteroatoms. The van der Waals surface area contributed by atoms with Crippen molar-refractivity contribution in [3.63, 3.8) is 0 Å². The molecule has 1 atom stereocenters. The van der Waals surface area contributed by atoms with Gasteiger partial charge in [-0.25, -0.2) is 0 Å². The van der Waals surface area contributed by atoms with Gasteiger partial charge in [-0.15, -0.1) is 0 Å². The summed E-state index contributed by atoms with van der Waals surface area (Å²) in [6.45, 7) is 0. The van der Waals surface area contributed by atoms with E-state index in [-0.39, 0.29) is 12.3 Å². The molecule has 23 heavy (non-hydrogen) atoms. The van der Waals surface area contributed by atoms with Gasteiger partial charge in [0.2, 0.25) is 11.8 Å². The number of amides is 2. The van der Waals surface area contributed by atoms with Crippen LogP contribution in [0.2, 0.25) is 10.0 Å². The van der Waals surface area contributed by atoms with Crippen LogP contribution in [0.4, 0.5) is 0 Å². The van der Waals surface area contributed by atoms with Crippen LogP contribution in [0.3, 0.4) is 0 Å². The molecular weight excluding hydrogens is 335 g/mol. The number of primary amides is 1. The number of nitrogens with one attached hydrogen (secondary N) is 1. The molecule has 2 aromatic rings. The SMILES string of the molecule is NC(=O)C(NC(=O)CCc1cccc(Cl)c1Cl)c1ccccc1. The summed E-state index contributed by atoms with van der Waals surface area (Å²) < 4.78 is 0. The second-order valence-electron chi connectivity index (χ2n) is 5.03. The summed E-state index contributed by atoms with van der Waals surface area (Å²) in [5.74, 6) is -0.890. The number of carbonyl (C=O) groups excluding carboxylic acids is 2. The van der Waals surface area contributed by atoms with E-state index in [4.69, 9.17) is 28.9 Å². The van der Waals surface area contributed by atoms with Crippen LogP contribution >= 0.6 is 23.2 Å². The minimum absolute atomic E-state index is 0.177. The number of rotatable bonds is 6. The van der Waals surface area contributed by atoms with E-state index in [1.54, 1.807) is 36.4 Å². The normalized spacial score (nSPS) is 11.7. The number of hydrogen-bond donors (Lipinski definition) is 2. The molecule has 120 valence electrons. The summed E-state index contributed by atoms with van der Waals surface area (Å²) in [7, 11) is 0.